The van der Waals surface area contributed by atoms with Crippen LogP contribution in [0.3, 0.4) is 0 Å². The van der Waals surface area contributed by atoms with Crippen molar-refractivity contribution in [3.63, 3.8) is 0 Å². The van der Waals surface area contributed by atoms with E-state index in [4.69, 9.17) is 0 Å². The van der Waals surface area contributed by atoms with Gasteiger partial charge in [0.15, 0.2) is 9.31 Å². The molecule has 0 unspecified atom stereocenters. The van der Waals surface area contributed by atoms with Gasteiger partial charge in [-0.1, -0.05) is 38.1 Å². The minimum atomic E-state index is -0.417. The van der Waals surface area contributed by atoms with Crippen molar-refractivity contribution in [3.8, 4) is 6.07 Å². The van der Waals surface area contributed by atoms with Gasteiger partial charge in [-0.3, -0.25) is 9.43 Å². The standard InChI is InChI=1S/C24H29N3OSi/c1-16(2)21-11-18(14-25)12-22(19-7-8-19)23(21)13-24(28)26-29-20-9-5-17(6-10-20)15-27(3)4/h5-6,9-12,16,19,29H,7-8,13,15H2,1-4H3/b29-26+. The number of rotatable bonds is 7. The molecule has 0 bridgehead atoms. The molecule has 150 valence electrons. The Morgan fingerprint density at radius 2 is 1.93 bits per heavy atom. The van der Waals surface area contributed by atoms with Crippen LogP contribution < -0.4 is 5.19 Å². The number of carbonyl (C=O) groups is 1. The van der Waals surface area contributed by atoms with Crippen molar-refractivity contribution in [1.82, 2.24) is 4.90 Å². The molecule has 29 heavy (non-hydrogen) atoms. The van der Waals surface area contributed by atoms with Crippen LogP contribution in [0.5, 0.6) is 0 Å². The number of hydrogen-bond acceptors (Lipinski definition) is 3. The van der Waals surface area contributed by atoms with Gasteiger partial charge in [-0.15, -0.1) is 0 Å². The summed E-state index contributed by atoms with van der Waals surface area (Å²) in [5.41, 5.74) is 5.39. The minimum Gasteiger partial charge on any atom is -0.305 e. The fourth-order valence-electron chi connectivity index (χ4n) is 3.68. The summed E-state index contributed by atoms with van der Waals surface area (Å²) in [6.07, 6.45) is 2.64. The third kappa shape index (κ3) is 5.78. The van der Waals surface area contributed by atoms with E-state index < -0.39 is 9.31 Å². The molecule has 1 aliphatic rings. The van der Waals surface area contributed by atoms with Crippen LogP contribution in [-0.2, 0) is 17.8 Å². The van der Waals surface area contributed by atoms with E-state index in [1.807, 2.05) is 12.1 Å². The lowest BCUT2D eigenvalue weighted by Crippen LogP contribution is -2.14. The molecule has 0 aliphatic heterocycles. The smallest absolute Gasteiger partial charge is 0.240 e. The van der Waals surface area contributed by atoms with Gasteiger partial charge < -0.3 is 4.90 Å². The Morgan fingerprint density at radius 1 is 1.24 bits per heavy atom. The highest BCUT2D eigenvalue weighted by Crippen LogP contribution is 2.44. The van der Waals surface area contributed by atoms with Crippen molar-refractivity contribution in [1.29, 1.82) is 5.26 Å². The first-order chi connectivity index (χ1) is 13.9. The molecular weight excluding hydrogens is 374 g/mol. The molecule has 5 heteroatoms. The maximum absolute atomic E-state index is 12.7. The lowest BCUT2D eigenvalue weighted by molar-refractivity contribution is -0.117. The van der Waals surface area contributed by atoms with Gasteiger partial charge in [-0.05, 0) is 78.3 Å². The maximum Gasteiger partial charge on any atom is 0.240 e. The second kappa shape index (κ2) is 9.38. The predicted molar refractivity (Wildman–Crippen MR) is 119 cm³/mol. The highest BCUT2D eigenvalue weighted by molar-refractivity contribution is 6.44. The van der Waals surface area contributed by atoms with Crippen LogP contribution in [-0.4, -0.2) is 34.2 Å². The Labute approximate surface area is 176 Å². The zero-order chi connectivity index (χ0) is 21.0. The Morgan fingerprint density at radius 3 is 2.48 bits per heavy atom. The quantitative estimate of drug-likeness (QED) is 0.663. The molecule has 1 fully saturated rings. The van der Waals surface area contributed by atoms with Gasteiger partial charge in [0, 0.05) is 6.54 Å². The fraction of sp³-hybridized carbons (Fsp3) is 0.417. The lowest BCUT2D eigenvalue weighted by Gasteiger charge is -2.17. The SMILES string of the molecule is CC(C)c1cc(C#N)cc(C2CC2)c1CC(=O)/N=[SiH]/c1ccc(CN(C)C)cc1. The topological polar surface area (TPSA) is 56.5 Å². The molecule has 2 aromatic rings. The Kier molecular flexibility index (Phi) is 6.89. The summed E-state index contributed by atoms with van der Waals surface area (Å²) in [4.78, 5) is 14.8. The third-order valence-electron chi connectivity index (χ3n) is 5.25. The summed E-state index contributed by atoms with van der Waals surface area (Å²) < 4.78 is 4.41. The molecule has 1 aliphatic carbocycles. The highest BCUT2D eigenvalue weighted by Gasteiger charge is 2.29. The molecule has 1 amide bonds. The van der Waals surface area contributed by atoms with Crippen molar-refractivity contribution in [2.24, 2.45) is 4.63 Å². The molecule has 2 aromatic carbocycles. The van der Waals surface area contributed by atoms with Crippen molar-refractivity contribution >= 4 is 20.4 Å². The van der Waals surface area contributed by atoms with Gasteiger partial charge in [0.05, 0.1) is 18.1 Å². The van der Waals surface area contributed by atoms with Crippen molar-refractivity contribution in [2.45, 2.75) is 51.5 Å². The average molecular weight is 404 g/mol. The van der Waals surface area contributed by atoms with E-state index in [-0.39, 0.29) is 11.8 Å². The van der Waals surface area contributed by atoms with Crippen molar-refractivity contribution < 1.29 is 4.79 Å². The molecular formula is C24H29N3OSi. The van der Waals surface area contributed by atoms with Crippen molar-refractivity contribution in [2.75, 3.05) is 14.1 Å². The summed E-state index contributed by atoms with van der Waals surface area (Å²) in [5.74, 6) is 0.728. The fourth-order valence-corrected chi connectivity index (χ4v) is 4.43. The molecule has 0 radical (unpaired) electrons. The lowest BCUT2D eigenvalue weighted by atomic mass is 9.87. The molecule has 0 aromatic heterocycles. The van der Waals surface area contributed by atoms with E-state index in [0.717, 1.165) is 35.7 Å². The number of hydrogen-bond donors (Lipinski definition) is 0. The number of nitriles is 1. The van der Waals surface area contributed by atoms with Gasteiger partial charge in [0.25, 0.3) is 0 Å². The molecule has 0 spiro atoms. The monoisotopic (exact) mass is 403 g/mol. The first kappa shape index (κ1) is 21.3. The average Bonchev–Trinajstić information content (AvgIpc) is 3.52. The molecule has 0 heterocycles. The Balaban J connectivity index is 1.78. The predicted octanol–water partition coefficient (Wildman–Crippen LogP) is 3.64. The van der Waals surface area contributed by atoms with Crippen LogP contribution in [0.4, 0.5) is 0 Å². The largest absolute Gasteiger partial charge is 0.305 e. The van der Waals surface area contributed by atoms with Crippen LogP contribution >= 0.6 is 0 Å². The molecule has 3 rings (SSSR count). The van der Waals surface area contributed by atoms with Crippen LogP contribution in [0.15, 0.2) is 41.0 Å². The number of nitrogens with zero attached hydrogens (tertiary/aromatic N) is 3. The third-order valence-corrected chi connectivity index (χ3v) is 6.35. The summed E-state index contributed by atoms with van der Waals surface area (Å²) in [5, 5.41) is 10.5. The van der Waals surface area contributed by atoms with Crippen LogP contribution in [0.25, 0.3) is 0 Å². The van der Waals surface area contributed by atoms with Gasteiger partial charge in [-0.25, -0.2) is 0 Å². The summed E-state index contributed by atoms with van der Waals surface area (Å²) in [7, 11) is 3.69. The van der Waals surface area contributed by atoms with E-state index in [2.05, 4.69) is 67.8 Å². The Bertz CT molecular complexity index is 928. The second-order valence-corrected chi connectivity index (χ2v) is 9.67. The number of amides is 1. The molecule has 1 saturated carbocycles. The zero-order valence-corrected chi connectivity index (χ0v) is 18.9. The summed E-state index contributed by atoms with van der Waals surface area (Å²) >= 11 is 0. The van der Waals surface area contributed by atoms with Gasteiger partial charge in [-0.2, -0.15) is 5.26 Å². The highest BCUT2D eigenvalue weighted by atomic mass is 28.2. The molecule has 0 N–H and O–H groups in total. The molecule has 4 nitrogen and oxygen atoms in total. The van der Waals surface area contributed by atoms with Gasteiger partial charge in [0.1, 0.15) is 0 Å². The maximum atomic E-state index is 12.7. The summed E-state index contributed by atoms with van der Waals surface area (Å²) in [6.45, 7) is 5.16. The normalized spacial score (nSPS) is 14.0. The van der Waals surface area contributed by atoms with E-state index in [9.17, 15) is 10.1 Å². The van der Waals surface area contributed by atoms with Crippen molar-refractivity contribution in [3.05, 3.63) is 64.2 Å². The van der Waals surface area contributed by atoms with E-state index in [0.29, 0.717) is 17.9 Å². The molecule has 0 saturated heterocycles. The van der Waals surface area contributed by atoms with E-state index in [1.165, 1.54) is 11.1 Å². The first-order valence-electron chi connectivity index (χ1n) is 10.2. The van der Waals surface area contributed by atoms with Crippen LogP contribution in [0.2, 0.25) is 0 Å². The molecule has 0 atom stereocenters. The number of carbonyl (C=O) groups excluding carboxylic acids is 1. The van der Waals surface area contributed by atoms with E-state index >= 15 is 0 Å². The first-order valence-corrected chi connectivity index (χ1v) is 11.3. The van der Waals surface area contributed by atoms with Gasteiger partial charge in [0.2, 0.25) is 5.91 Å². The van der Waals surface area contributed by atoms with Crippen LogP contribution in [0, 0.1) is 11.3 Å². The van der Waals surface area contributed by atoms with E-state index in [1.54, 1.807) is 0 Å². The minimum absolute atomic E-state index is 0.0501. The van der Waals surface area contributed by atoms with Crippen LogP contribution in [0.1, 0.15) is 66.3 Å². The number of benzene rings is 2. The summed E-state index contributed by atoms with van der Waals surface area (Å²) in [6, 6.07) is 14.6. The zero-order valence-electron chi connectivity index (χ0n) is 17.8. The second-order valence-electron chi connectivity index (χ2n) is 8.48. The van der Waals surface area contributed by atoms with Gasteiger partial charge >= 0.3 is 0 Å². The Hall–Kier alpha value is -2.42.